The molecule has 0 radical (unpaired) electrons. The third-order valence-electron chi connectivity index (χ3n) is 1.41. The Kier molecular flexibility index (Phi) is 2.31. The van der Waals surface area contributed by atoms with Crippen LogP contribution >= 0.6 is 0 Å². The third kappa shape index (κ3) is 1.61. The summed E-state index contributed by atoms with van der Waals surface area (Å²) in [6, 6.07) is 0. The summed E-state index contributed by atoms with van der Waals surface area (Å²) in [6.45, 7) is 2.00. The fourth-order valence-corrected chi connectivity index (χ4v) is 0.952. The van der Waals surface area contributed by atoms with Gasteiger partial charge >= 0.3 is 0 Å². The summed E-state index contributed by atoms with van der Waals surface area (Å²) in [6.07, 6.45) is 4.25. The van der Waals surface area contributed by atoms with E-state index in [0.717, 1.165) is 12.1 Å². The van der Waals surface area contributed by atoms with E-state index in [0.29, 0.717) is 5.76 Å². The minimum Gasteiger partial charge on any atom is -0.494 e. The van der Waals surface area contributed by atoms with Crippen LogP contribution in [0.25, 0.3) is 0 Å². The lowest BCUT2D eigenvalue weighted by Gasteiger charge is -2.01. The molecular weight excluding hydrogens is 142 g/mol. The van der Waals surface area contributed by atoms with Gasteiger partial charge in [-0.05, 0) is 6.42 Å². The van der Waals surface area contributed by atoms with E-state index < -0.39 is 0 Å². The molecule has 11 heavy (non-hydrogen) atoms. The third-order valence-corrected chi connectivity index (χ3v) is 1.41. The van der Waals surface area contributed by atoms with Crippen molar-refractivity contribution in [3.05, 3.63) is 23.6 Å². The van der Waals surface area contributed by atoms with Crippen LogP contribution in [0.2, 0.25) is 0 Å². The van der Waals surface area contributed by atoms with Crippen LogP contribution in [0.1, 0.15) is 13.3 Å². The lowest BCUT2D eigenvalue weighted by atomic mass is 10.3. The molecule has 0 atom stereocenters. The summed E-state index contributed by atoms with van der Waals surface area (Å²) in [4.78, 5) is 10.8. The molecular formula is C8H11NO2. The van der Waals surface area contributed by atoms with Crippen LogP contribution in [0.15, 0.2) is 23.6 Å². The maximum absolute atomic E-state index is 10.8. The number of rotatable bonds is 2. The standard InChI is InChI=1S/C8H11NO2/c1-3-4-6-7(11-2)5-8(10)9-6/h4-5H,3H2,1-2H3,(H,9,10)/b6-4-. The van der Waals surface area contributed by atoms with Crippen LogP contribution in [0.3, 0.4) is 0 Å². The highest BCUT2D eigenvalue weighted by molar-refractivity contribution is 5.94. The summed E-state index contributed by atoms with van der Waals surface area (Å²) in [5.74, 6) is 0.512. The first-order valence-electron chi connectivity index (χ1n) is 3.55. The van der Waals surface area contributed by atoms with Gasteiger partial charge < -0.3 is 10.1 Å². The van der Waals surface area contributed by atoms with Crippen LogP contribution < -0.4 is 5.32 Å². The SMILES string of the molecule is CC/C=C1\NC(=O)C=C1OC. The smallest absolute Gasteiger partial charge is 0.252 e. The van der Waals surface area contributed by atoms with Crippen LogP contribution in [-0.4, -0.2) is 13.0 Å². The molecule has 0 bridgehead atoms. The van der Waals surface area contributed by atoms with Crippen molar-refractivity contribution in [3.8, 4) is 0 Å². The maximum Gasteiger partial charge on any atom is 0.252 e. The van der Waals surface area contributed by atoms with Gasteiger partial charge in [-0.15, -0.1) is 0 Å². The molecule has 1 aliphatic heterocycles. The van der Waals surface area contributed by atoms with Gasteiger partial charge in [-0.3, -0.25) is 4.79 Å². The number of hydrogen-bond acceptors (Lipinski definition) is 2. The molecule has 1 N–H and O–H groups in total. The number of amides is 1. The normalized spacial score (nSPS) is 20.0. The van der Waals surface area contributed by atoms with E-state index >= 15 is 0 Å². The Morgan fingerprint density at radius 2 is 2.45 bits per heavy atom. The zero-order chi connectivity index (χ0) is 8.27. The summed E-state index contributed by atoms with van der Waals surface area (Å²) >= 11 is 0. The summed E-state index contributed by atoms with van der Waals surface area (Å²) in [7, 11) is 1.55. The van der Waals surface area contributed by atoms with Crippen LogP contribution in [-0.2, 0) is 9.53 Å². The molecule has 0 saturated heterocycles. The Hall–Kier alpha value is -1.25. The lowest BCUT2D eigenvalue weighted by Crippen LogP contribution is -2.13. The number of allylic oxidation sites excluding steroid dienone is 1. The highest BCUT2D eigenvalue weighted by atomic mass is 16.5. The molecule has 60 valence electrons. The molecule has 1 amide bonds. The Balaban J connectivity index is 2.79. The van der Waals surface area contributed by atoms with Crippen LogP contribution in [0, 0.1) is 0 Å². The highest BCUT2D eigenvalue weighted by Gasteiger charge is 2.16. The second-order valence-electron chi connectivity index (χ2n) is 2.23. The van der Waals surface area contributed by atoms with Crippen molar-refractivity contribution < 1.29 is 9.53 Å². The quantitative estimate of drug-likeness (QED) is 0.641. The van der Waals surface area contributed by atoms with E-state index in [9.17, 15) is 4.79 Å². The molecule has 0 unspecified atom stereocenters. The molecule has 1 aliphatic rings. The van der Waals surface area contributed by atoms with E-state index in [2.05, 4.69) is 5.32 Å². The summed E-state index contributed by atoms with van der Waals surface area (Å²) in [5, 5.41) is 2.66. The van der Waals surface area contributed by atoms with Gasteiger partial charge in [0, 0.05) is 6.08 Å². The van der Waals surface area contributed by atoms with E-state index in [1.54, 1.807) is 7.11 Å². The minimum atomic E-state index is -0.110. The fourth-order valence-electron chi connectivity index (χ4n) is 0.952. The van der Waals surface area contributed by atoms with Crippen LogP contribution in [0.4, 0.5) is 0 Å². The minimum absolute atomic E-state index is 0.110. The van der Waals surface area contributed by atoms with Crippen molar-refractivity contribution in [1.29, 1.82) is 0 Å². The molecule has 0 saturated carbocycles. The van der Waals surface area contributed by atoms with Crippen molar-refractivity contribution in [3.63, 3.8) is 0 Å². The molecule has 0 aromatic rings. The number of carbonyl (C=O) groups excluding carboxylic acids is 1. The molecule has 0 aromatic heterocycles. The number of nitrogens with one attached hydrogen (secondary N) is 1. The van der Waals surface area contributed by atoms with Crippen molar-refractivity contribution in [2.45, 2.75) is 13.3 Å². The average Bonchev–Trinajstić information content (AvgIpc) is 2.32. The van der Waals surface area contributed by atoms with Crippen molar-refractivity contribution >= 4 is 5.91 Å². The highest BCUT2D eigenvalue weighted by Crippen LogP contribution is 2.13. The van der Waals surface area contributed by atoms with Crippen molar-refractivity contribution in [1.82, 2.24) is 5.32 Å². The second kappa shape index (κ2) is 3.23. The second-order valence-corrected chi connectivity index (χ2v) is 2.23. The van der Waals surface area contributed by atoms with E-state index in [-0.39, 0.29) is 5.91 Å². The number of hydrogen-bond donors (Lipinski definition) is 1. The van der Waals surface area contributed by atoms with Gasteiger partial charge in [0.15, 0.2) is 0 Å². The van der Waals surface area contributed by atoms with Gasteiger partial charge in [-0.2, -0.15) is 0 Å². The zero-order valence-electron chi connectivity index (χ0n) is 6.68. The van der Waals surface area contributed by atoms with Gasteiger partial charge in [0.2, 0.25) is 0 Å². The topological polar surface area (TPSA) is 38.3 Å². The maximum atomic E-state index is 10.8. The number of carbonyl (C=O) groups is 1. The fraction of sp³-hybridized carbons (Fsp3) is 0.375. The molecule has 0 aromatic carbocycles. The van der Waals surface area contributed by atoms with Gasteiger partial charge in [-0.1, -0.05) is 13.0 Å². The molecule has 0 fully saturated rings. The number of methoxy groups -OCH3 is 1. The largest absolute Gasteiger partial charge is 0.494 e. The number of ether oxygens (including phenoxy) is 1. The first kappa shape index (κ1) is 7.85. The Morgan fingerprint density at radius 3 is 3.00 bits per heavy atom. The summed E-state index contributed by atoms with van der Waals surface area (Å²) in [5.41, 5.74) is 0.778. The molecule has 1 rings (SSSR count). The molecule has 0 aliphatic carbocycles. The molecule has 1 heterocycles. The molecule has 0 spiro atoms. The zero-order valence-corrected chi connectivity index (χ0v) is 6.68. The van der Waals surface area contributed by atoms with Gasteiger partial charge in [0.25, 0.3) is 5.91 Å². The monoisotopic (exact) mass is 153 g/mol. The van der Waals surface area contributed by atoms with E-state index in [4.69, 9.17) is 4.74 Å². The Bertz CT molecular complexity index is 228. The van der Waals surface area contributed by atoms with Crippen molar-refractivity contribution in [2.24, 2.45) is 0 Å². The van der Waals surface area contributed by atoms with Gasteiger partial charge in [0.05, 0.1) is 12.8 Å². The Morgan fingerprint density at radius 1 is 1.73 bits per heavy atom. The first-order valence-corrected chi connectivity index (χ1v) is 3.55. The Labute approximate surface area is 65.7 Å². The van der Waals surface area contributed by atoms with Crippen LogP contribution in [0.5, 0.6) is 0 Å². The average molecular weight is 153 g/mol. The molecule has 3 nitrogen and oxygen atoms in total. The van der Waals surface area contributed by atoms with E-state index in [1.807, 2.05) is 13.0 Å². The predicted molar refractivity (Wildman–Crippen MR) is 41.6 cm³/mol. The lowest BCUT2D eigenvalue weighted by molar-refractivity contribution is -0.115. The van der Waals surface area contributed by atoms with Gasteiger partial charge in [-0.25, -0.2) is 0 Å². The van der Waals surface area contributed by atoms with Gasteiger partial charge in [0.1, 0.15) is 5.76 Å². The molecule has 3 heteroatoms. The van der Waals surface area contributed by atoms with Crippen molar-refractivity contribution in [2.75, 3.05) is 7.11 Å². The van der Waals surface area contributed by atoms with E-state index in [1.165, 1.54) is 6.08 Å². The summed E-state index contributed by atoms with van der Waals surface area (Å²) < 4.78 is 4.96. The first-order chi connectivity index (χ1) is 5.27. The predicted octanol–water partition coefficient (Wildman–Crippen LogP) is 0.940.